The minimum absolute atomic E-state index is 0.0158. The molecule has 1 fully saturated rings. The summed E-state index contributed by atoms with van der Waals surface area (Å²) in [6, 6.07) is 0. The molecule has 1 aliphatic rings. The van der Waals surface area contributed by atoms with Gasteiger partial charge in [-0.05, 0) is 32.6 Å². The summed E-state index contributed by atoms with van der Waals surface area (Å²) >= 11 is 5.76. The number of ether oxygens (including phenoxy) is 1. The highest BCUT2D eigenvalue weighted by Crippen LogP contribution is 2.12. The summed E-state index contributed by atoms with van der Waals surface area (Å²) < 4.78 is 5.35. The van der Waals surface area contributed by atoms with Crippen LogP contribution in [0.25, 0.3) is 0 Å². The highest BCUT2D eigenvalue weighted by atomic mass is 35.5. The van der Waals surface area contributed by atoms with Crippen LogP contribution >= 0.6 is 11.6 Å². The Morgan fingerprint density at radius 1 is 1.64 bits per heavy atom. The van der Waals surface area contributed by atoms with Crippen LogP contribution in [0.5, 0.6) is 0 Å². The molecular weight excluding hydrogens is 202 g/mol. The third-order valence-corrected chi connectivity index (χ3v) is 2.53. The van der Waals surface area contributed by atoms with E-state index in [0.29, 0.717) is 13.2 Å². The van der Waals surface area contributed by atoms with Crippen LogP contribution in [0, 0.1) is 0 Å². The van der Waals surface area contributed by atoms with Gasteiger partial charge < -0.3 is 10.1 Å². The van der Waals surface area contributed by atoms with Crippen molar-refractivity contribution >= 4 is 17.5 Å². The van der Waals surface area contributed by atoms with Gasteiger partial charge in [-0.25, -0.2) is 0 Å². The smallest absolute Gasteiger partial charge is 0.249 e. The largest absolute Gasteiger partial charge is 0.368 e. The summed E-state index contributed by atoms with van der Waals surface area (Å²) in [5, 5.41) is 2.95. The number of alkyl halides is 1. The third kappa shape index (κ3) is 4.29. The SMILES string of the molecule is CC(Cl)CCNC(=O)C1CCCCO1. The summed E-state index contributed by atoms with van der Waals surface area (Å²) in [6.07, 6.45) is 3.59. The zero-order valence-corrected chi connectivity index (χ0v) is 9.35. The molecule has 0 aromatic carbocycles. The van der Waals surface area contributed by atoms with Gasteiger partial charge in [0, 0.05) is 18.5 Å². The monoisotopic (exact) mass is 219 g/mol. The molecule has 0 aliphatic carbocycles. The van der Waals surface area contributed by atoms with Crippen LogP contribution in [0.1, 0.15) is 32.6 Å². The molecule has 4 heteroatoms. The van der Waals surface area contributed by atoms with Crippen LogP contribution in [0.2, 0.25) is 0 Å². The van der Waals surface area contributed by atoms with E-state index < -0.39 is 0 Å². The van der Waals surface area contributed by atoms with E-state index in [2.05, 4.69) is 5.32 Å². The Bertz CT molecular complexity index is 179. The molecular formula is C10H18ClNO2. The van der Waals surface area contributed by atoms with Gasteiger partial charge in [-0.3, -0.25) is 4.79 Å². The van der Waals surface area contributed by atoms with Crippen molar-refractivity contribution in [2.75, 3.05) is 13.2 Å². The average molecular weight is 220 g/mol. The van der Waals surface area contributed by atoms with Gasteiger partial charge >= 0.3 is 0 Å². The van der Waals surface area contributed by atoms with Crippen LogP contribution in [-0.4, -0.2) is 30.5 Å². The molecule has 0 radical (unpaired) electrons. The Morgan fingerprint density at radius 2 is 2.43 bits per heavy atom. The fraction of sp³-hybridized carbons (Fsp3) is 0.900. The van der Waals surface area contributed by atoms with E-state index in [1.54, 1.807) is 0 Å². The van der Waals surface area contributed by atoms with Gasteiger partial charge in [0.25, 0.3) is 0 Å². The van der Waals surface area contributed by atoms with Gasteiger partial charge in [0.1, 0.15) is 6.10 Å². The maximum atomic E-state index is 11.5. The lowest BCUT2D eigenvalue weighted by atomic mass is 10.1. The van der Waals surface area contributed by atoms with Crippen LogP contribution in [0.4, 0.5) is 0 Å². The number of hydrogen-bond acceptors (Lipinski definition) is 2. The lowest BCUT2D eigenvalue weighted by Crippen LogP contribution is -2.39. The van der Waals surface area contributed by atoms with Crippen molar-refractivity contribution in [2.45, 2.75) is 44.1 Å². The molecule has 3 nitrogen and oxygen atoms in total. The number of carbonyl (C=O) groups excluding carboxylic acids is 1. The van der Waals surface area contributed by atoms with Crippen LogP contribution in [0.3, 0.4) is 0 Å². The highest BCUT2D eigenvalue weighted by Gasteiger charge is 2.21. The molecule has 82 valence electrons. The Morgan fingerprint density at radius 3 is 3.00 bits per heavy atom. The molecule has 1 N–H and O–H groups in total. The van der Waals surface area contributed by atoms with Gasteiger partial charge in [0.2, 0.25) is 5.91 Å². The summed E-state index contributed by atoms with van der Waals surface area (Å²) in [5.41, 5.74) is 0. The van der Waals surface area contributed by atoms with Gasteiger partial charge in [0.05, 0.1) is 0 Å². The van der Waals surface area contributed by atoms with Gasteiger partial charge in [-0.1, -0.05) is 0 Å². The fourth-order valence-electron chi connectivity index (χ4n) is 1.46. The summed E-state index contributed by atoms with van der Waals surface area (Å²) in [6.45, 7) is 3.28. The van der Waals surface area contributed by atoms with Gasteiger partial charge in [-0.15, -0.1) is 11.6 Å². The maximum absolute atomic E-state index is 11.5. The standard InChI is InChI=1S/C10H18ClNO2/c1-8(11)5-6-12-10(13)9-4-2-3-7-14-9/h8-9H,2-7H2,1H3,(H,12,13). The maximum Gasteiger partial charge on any atom is 0.249 e. The Kier molecular flexibility index (Phi) is 5.26. The van der Waals surface area contributed by atoms with Crippen molar-refractivity contribution < 1.29 is 9.53 Å². The average Bonchev–Trinajstić information content (AvgIpc) is 2.18. The minimum atomic E-state index is -0.227. The Labute approximate surface area is 90.1 Å². The van der Waals surface area contributed by atoms with E-state index in [1.807, 2.05) is 6.92 Å². The molecule has 0 saturated carbocycles. The molecule has 0 bridgehead atoms. The molecule has 2 unspecified atom stereocenters. The van der Waals surface area contributed by atoms with Gasteiger partial charge in [0.15, 0.2) is 0 Å². The van der Waals surface area contributed by atoms with Crippen LogP contribution < -0.4 is 5.32 Å². The first-order chi connectivity index (χ1) is 6.70. The van der Waals surface area contributed by atoms with E-state index in [1.165, 1.54) is 0 Å². The molecule has 1 amide bonds. The van der Waals surface area contributed by atoms with E-state index >= 15 is 0 Å². The molecule has 1 saturated heterocycles. The molecule has 14 heavy (non-hydrogen) atoms. The number of rotatable bonds is 4. The third-order valence-electron chi connectivity index (χ3n) is 2.31. The molecule has 0 spiro atoms. The fourth-order valence-corrected chi connectivity index (χ4v) is 1.56. The van der Waals surface area contributed by atoms with E-state index in [4.69, 9.17) is 16.3 Å². The predicted octanol–water partition coefficient (Wildman–Crippen LogP) is 1.69. The topological polar surface area (TPSA) is 38.3 Å². The van der Waals surface area contributed by atoms with Crippen molar-refractivity contribution in [2.24, 2.45) is 0 Å². The van der Waals surface area contributed by atoms with E-state index in [9.17, 15) is 4.79 Å². The Hall–Kier alpha value is -0.280. The second kappa shape index (κ2) is 6.25. The van der Waals surface area contributed by atoms with E-state index in [0.717, 1.165) is 25.7 Å². The van der Waals surface area contributed by atoms with Crippen molar-refractivity contribution in [1.29, 1.82) is 0 Å². The van der Waals surface area contributed by atoms with Crippen LogP contribution in [-0.2, 0) is 9.53 Å². The highest BCUT2D eigenvalue weighted by molar-refractivity contribution is 6.20. The molecule has 1 heterocycles. The summed E-state index contributed by atoms with van der Waals surface area (Å²) in [4.78, 5) is 11.5. The number of hydrogen-bond donors (Lipinski definition) is 1. The zero-order chi connectivity index (χ0) is 10.4. The van der Waals surface area contributed by atoms with E-state index in [-0.39, 0.29) is 17.4 Å². The first-order valence-electron chi connectivity index (χ1n) is 5.23. The van der Waals surface area contributed by atoms with Crippen molar-refractivity contribution in [3.63, 3.8) is 0 Å². The normalized spacial score (nSPS) is 24.3. The molecule has 0 aromatic rings. The van der Waals surface area contributed by atoms with Crippen molar-refractivity contribution in [3.05, 3.63) is 0 Å². The van der Waals surface area contributed by atoms with Gasteiger partial charge in [-0.2, -0.15) is 0 Å². The number of amides is 1. The lowest BCUT2D eigenvalue weighted by Gasteiger charge is -2.21. The number of carbonyl (C=O) groups is 1. The molecule has 1 rings (SSSR count). The predicted molar refractivity (Wildman–Crippen MR) is 56.5 cm³/mol. The molecule has 1 aliphatic heterocycles. The Balaban J connectivity index is 2.13. The number of halogens is 1. The summed E-state index contributed by atoms with van der Waals surface area (Å²) in [5.74, 6) is 0.0158. The number of nitrogens with one attached hydrogen (secondary N) is 1. The van der Waals surface area contributed by atoms with Crippen molar-refractivity contribution in [1.82, 2.24) is 5.32 Å². The zero-order valence-electron chi connectivity index (χ0n) is 8.59. The minimum Gasteiger partial charge on any atom is -0.368 e. The second-order valence-electron chi connectivity index (χ2n) is 3.72. The molecule has 0 aromatic heterocycles. The second-order valence-corrected chi connectivity index (χ2v) is 4.46. The first-order valence-corrected chi connectivity index (χ1v) is 5.67. The first kappa shape index (κ1) is 11.8. The lowest BCUT2D eigenvalue weighted by molar-refractivity contribution is -0.135. The van der Waals surface area contributed by atoms with Crippen LogP contribution in [0.15, 0.2) is 0 Å². The van der Waals surface area contributed by atoms with Crippen molar-refractivity contribution in [3.8, 4) is 0 Å². The quantitative estimate of drug-likeness (QED) is 0.731. The summed E-state index contributed by atoms with van der Waals surface area (Å²) in [7, 11) is 0. The molecule has 2 atom stereocenters.